The molecular weight excluding hydrogens is 274 g/mol. The Bertz CT molecular complexity index is 643. The third kappa shape index (κ3) is 5.46. The van der Waals surface area contributed by atoms with Crippen LogP contribution in [0.5, 0.6) is 0 Å². The molecule has 0 bridgehead atoms. The number of carbonyl (C=O) groups is 1. The van der Waals surface area contributed by atoms with Crippen molar-refractivity contribution in [2.24, 2.45) is 0 Å². The number of pyridine rings is 1. The third-order valence-corrected chi connectivity index (χ3v) is 3.00. The van der Waals surface area contributed by atoms with Crippen molar-refractivity contribution in [1.29, 1.82) is 0 Å². The normalized spacial score (nSPS) is 11.3. The van der Waals surface area contributed by atoms with E-state index in [0.717, 1.165) is 16.7 Å². The molecule has 0 aliphatic carbocycles. The second-order valence-electron chi connectivity index (χ2n) is 4.72. The number of carbonyl (C=O) groups excluding carboxylic acids is 1. The Labute approximate surface area is 131 Å². The van der Waals surface area contributed by atoms with E-state index in [4.69, 9.17) is 4.74 Å². The third-order valence-electron chi connectivity index (χ3n) is 3.00. The molecule has 0 aliphatic rings. The predicted octanol–water partition coefficient (Wildman–Crippen LogP) is 3.87. The van der Waals surface area contributed by atoms with Gasteiger partial charge in [-0.1, -0.05) is 48.6 Å². The Kier molecular flexibility index (Phi) is 6.27. The SMILES string of the molecule is CCOCC(=O)/C=C/c1ccc(/C=C/c2cccnc2)cc1. The van der Waals surface area contributed by atoms with Gasteiger partial charge in [-0.15, -0.1) is 0 Å². The lowest BCUT2D eigenvalue weighted by atomic mass is 10.1. The van der Waals surface area contributed by atoms with Gasteiger partial charge in [-0.2, -0.15) is 0 Å². The van der Waals surface area contributed by atoms with E-state index in [1.54, 1.807) is 18.3 Å². The Morgan fingerprint density at radius 3 is 2.36 bits per heavy atom. The van der Waals surface area contributed by atoms with E-state index in [2.05, 4.69) is 4.98 Å². The molecule has 3 heteroatoms. The summed E-state index contributed by atoms with van der Waals surface area (Å²) in [5.74, 6) is -0.0256. The van der Waals surface area contributed by atoms with Gasteiger partial charge in [0.15, 0.2) is 5.78 Å². The van der Waals surface area contributed by atoms with E-state index < -0.39 is 0 Å². The average Bonchev–Trinajstić information content (AvgIpc) is 2.58. The highest BCUT2D eigenvalue weighted by Crippen LogP contribution is 2.10. The molecule has 22 heavy (non-hydrogen) atoms. The molecule has 0 N–H and O–H groups in total. The zero-order valence-corrected chi connectivity index (χ0v) is 12.6. The second kappa shape index (κ2) is 8.70. The predicted molar refractivity (Wildman–Crippen MR) is 90.1 cm³/mol. The number of nitrogens with zero attached hydrogens (tertiary/aromatic N) is 1. The monoisotopic (exact) mass is 293 g/mol. The second-order valence-corrected chi connectivity index (χ2v) is 4.72. The molecule has 3 nitrogen and oxygen atoms in total. The maximum Gasteiger partial charge on any atom is 0.181 e. The zero-order chi connectivity index (χ0) is 15.6. The Morgan fingerprint density at radius 1 is 1.05 bits per heavy atom. The highest BCUT2D eigenvalue weighted by molar-refractivity contribution is 5.94. The molecule has 0 saturated heterocycles. The summed E-state index contributed by atoms with van der Waals surface area (Å²) in [7, 11) is 0. The van der Waals surface area contributed by atoms with Gasteiger partial charge in [0.2, 0.25) is 0 Å². The van der Waals surface area contributed by atoms with Gasteiger partial charge in [-0.25, -0.2) is 0 Å². The number of ether oxygens (including phenoxy) is 1. The fraction of sp³-hybridized carbons (Fsp3) is 0.158. The van der Waals surface area contributed by atoms with Crippen LogP contribution < -0.4 is 0 Å². The van der Waals surface area contributed by atoms with Crippen LogP contribution in [0.2, 0.25) is 0 Å². The van der Waals surface area contributed by atoms with Crippen LogP contribution in [0, 0.1) is 0 Å². The van der Waals surface area contributed by atoms with Crippen LogP contribution in [-0.4, -0.2) is 24.0 Å². The van der Waals surface area contributed by atoms with E-state index in [1.807, 2.05) is 61.7 Å². The van der Waals surface area contributed by atoms with Crippen molar-refractivity contribution >= 4 is 24.0 Å². The first-order chi connectivity index (χ1) is 10.8. The molecule has 0 unspecified atom stereocenters. The van der Waals surface area contributed by atoms with Gasteiger partial charge in [0, 0.05) is 19.0 Å². The lowest BCUT2D eigenvalue weighted by molar-refractivity contribution is -0.118. The summed E-state index contributed by atoms with van der Waals surface area (Å²) in [5.41, 5.74) is 3.15. The van der Waals surface area contributed by atoms with Crippen LogP contribution >= 0.6 is 0 Å². The maximum atomic E-state index is 11.5. The highest BCUT2D eigenvalue weighted by atomic mass is 16.5. The summed E-state index contributed by atoms with van der Waals surface area (Å²) < 4.78 is 5.06. The van der Waals surface area contributed by atoms with Crippen LogP contribution in [0.3, 0.4) is 0 Å². The van der Waals surface area contributed by atoms with Crippen molar-refractivity contribution < 1.29 is 9.53 Å². The molecule has 2 aromatic rings. The topological polar surface area (TPSA) is 39.2 Å². The molecule has 1 aromatic heterocycles. The minimum absolute atomic E-state index is 0.0256. The van der Waals surface area contributed by atoms with Crippen molar-refractivity contribution in [3.8, 4) is 0 Å². The first-order valence-electron chi connectivity index (χ1n) is 7.25. The zero-order valence-electron chi connectivity index (χ0n) is 12.6. The summed E-state index contributed by atoms with van der Waals surface area (Å²) in [6, 6.07) is 11.9. The molecule has 112 valence electrons. The lowest BCUT2D eigenvalue weighted by Crippen LogP contribution is -2.04. The summed E-state index contributed by atoms with van der Waals surface area (Å²) in [6.07, 6.45) is 11.0. The molecular formula is C19H19NO2. The van der Waals surface area contributed by atoms with Gasteiger partial charge in [0.1, 0.15) is 6.61 Å². The van der Waals surface area contributed by atoms with Gasteiger partial charge < -0.3 is 4.74 Å². The van der Waals surface area contributed by atoms with E-state index in [9.17, 15) is 4.79 Å². The number of ketones is 1. The number of rotatable bonds is 7. The Balaban J connectivity index is 1.94. The van der Waals surface area contributed by atoms with Crippen LogP contribution in [-0.2, 0) is 9.53 Å². The molecule has 0 aliphatic heterocycles. The highest BCUT2D eigenvalue weighted by Gasteiger charge is 1.95. The van der Waals surface area contributed by atoms with Gasteiger partial charge in [-0.05, 0) is 35.8 Å². The summed E-state index contributed by atoms with van der Waals surface area (Å²) in [5, 5.41) is 0. The van der Waals surface area contributed by atoms with Gasteiger partial charge in [0.25, 0.3) is 0 Å². The largest absolute Gasteiger partial charge is 0.374 e. The molecule has 1 heterocycles. The summed E-state index contributed by atoms with van der Waals surface area (Å²) in [6.45, 7) is 2.56. The number of hydrogen-bond acceptors (Lipinski definition) is 3. The average molecular weight is 293 g/mol. The van der Waals surface area contributed by atoms with Crippen LogP contribution in [0.1, 0.15) is 23.6 Å². The molecule has 0 atom stereocenters. The van der Waals surface area contributed by atoms with E-state index in [1.165, 1.54) is 0 Å². The summed E-state index contributed by atoms with van der Waals surface area (Å²) in [4.78, 5) is 15.5. The number of hydrogen-bond donors (Lipinski definition) is 0. The molecule has 2 rings (SSSR count). The Morgan fingerprint density at radius 2 is 1.73 bits per heavy atom. The standard InChI is InChI=1S/C19H19NO2/c1-2-22-15-19(21)12-11-17-7-5-16(6-8-17)9-10-18-4-3-13-20-14-18/h3-14H,2,15H2,1H3/b10-9+,12-11+. The number of benzene rings is 1. The fourth-order valence-electron chi connectivity index (χ4n) is 1.83. The van der Waals surface area contributed by atoms with Crippen LogP contribution in [0.15, 0.2) is 54.9 Å². The molecule has 0 amide bonds. The Hall–Kier alpha value is -2.52. The quantitative estimate of drug-likeness (QED) is 0.727. The molecule has 0 saturated carbocycles. The van der Waals surface area contributed by atoms with Gasteiger partial charge in [-0.3, -0.25) is 9.78 Å². The van der Waals surface area contributed by atoms with Crippen molar-refractivity contribution in [2.75, 3.05) is 13.2 Å². The lowest BCUT2D eigenvalue weighted by Gasteiger charge is -1.97. The van der Waals surface area contributed by atoms with Crippen LogP contribution in [0.4, 0.5) is 0 Å². The fourth-order valence-corrected chi connectivity index (χ4v) is 1.83. The minimum Gasteiger partial charge on any atom is -0.374 e. The van der Waals surface area contributed by atoms with E-state index >= 15 is 0 Å². The van der Waals surface area contributed by atoms with Crippen molar-refractivity contribution in [3.05, 3.63) is 71.6 Å². The summed E-state index contributed by atoms with van der Waals surface area (Å²) >= 11 is 0. The number of aromatic nitrogens is 1. The van der Waals surface area contributed by atoms with Gasteiger partial charge in [0.05, 0.1) is 0 Å². The van der Waals surface area contributed by atoms with Crippen molar-refractivity contribution in [1.82, 2.24) is 4.98 Å². The van der Waals surface area contributed by atoms with Gasteiger partial charge >= 0.3 is 0 Å². The molecule has 0 radical (unpaired) electrons. The van der Waals surface area contributed by atoms with Crippen molar-refractivity contribution in [3.63, 3.8) is 0 Å². The van der Waals surface area contributed by atoms with Crippen LogP contribution in [0.25, 0.3) is 18.2 Å². The van der Waals surface area contributed by atoms with E-state index in [-0.39, 0.29) is 12.4 Å². The molecule has 1 aromatic carbocycles. The van der Waals surface area contributed by atoms with Crippen molar-refractivity contribution in [2.45, 2.75) is 6.92 Å². The smallest absolute Gasteiger partial charge is 0.181 e. The maximum absolute atomic E-state index is 11.5. The van der Waals surface area contributed by atoms with E-state index in [0.29, 0.717) is 6.61 Å². The minimum atomic E-state index is -0.0256. The molecule has 0 fully saturated rings. The first-order valence-corrected chi connectivity index (χ1v) is 7.25. The molecule has 0 spiro atoms. The first kappa shape index (κ1) is 15.9.